The molecule has 4 atom stereocenters. The Kier molecular flexibility index (Phi) is 12.6. The van der Waals surface area contributed by atoms with Gasteiger partial charge in [0.15, 0.2) is 0 Å². The Morgan fingerprint density at radius 1 is 0.914 bits per heavy atom. The molecule has 35 heavy (non-hydrogen) atoms. The number of benzene rings is 1. The monoisotopic (exact) mass is 512 g/mol. The van der Waals surface area contributed by atoms with Crippen LogP contribution >= 0.6 is 11.8 Å². The van der Waals surface area contributed by atoms with Crippen LogP contribution in [-0.4, -0.2) is 81.2 Å². The highest BCUT2D eigenvalue weighted by molar-refractivity contribution is 7.98. The fraction of sp³-hybridized carbons (Fsp3) is 0.500. The lowest BCUT2D eigenvalue weighted by Gasteiger charge is -2.23. The molecule has 194 valence electrons. The third kappa shape index (κ3) is 11.1. The largest absolute Gasteiger partial charge is 0.508 e. The molecule has 1 rings (SSSR count). The average Bonchev–Trinajstić information content (AvgIpc) is 2.79. The van der Waals surface area contributed by atoms with Gasteiger partial charge in [-0.05, 0) is 55.9 Å². The third-order valence-electron chi connectivity index (χ3n) is 4.99. The van der Waals surface area contributed by atoms with Gasteiger partial charge in [0.05, 0.1) is 6.04 Å². The van der Waals surface area contributed by atoms with Gasteiger partial charge in [-0.15, -0.1) is 0 Å². The van der Waals surface area contributed by atoms with E-state index in [1.807, 2.05) is 0 Å². The van der Waals surface area contributed by atoms with Crippen LogP contribution < -0.4 is 21.7 Å². The molecular weight excluding hydrogens is 480 g/mol. The molecule has 8 N–H and O–H groups in total. The van der Waals surface area contributed by atoms with Gasteiger partial charge in [0.1, 0.15) is 23.9 Å². The number of carbonyl (C=O) groups is 5. The first-order valence-corrected chi connectivity index (χ1v) is 12.2. The van der Waals surface area contributed by atoms with Gasteiger partial charge in [-0.2, -0.15) is 11.8 Å². The third-order valence-corrected chi connectivity index (χ3v) is 5.63. The van der Waals surface area contributed by atoms with E-state index in [9.17, 15) is 34.2 Å². The summed E-state index contributed by atoms with van der Waals surface area (Å²) in [5.74, 6) is -4.08. The number of phenols is 1. The van der Waals surface area contributed by atoms with Crippen molar-refractivity contribution in [3.63, 3.8) is 0 Å². The normalized spacial score (nSPS) is 14.1. The first kappa shape index (κ1) is 29.7. The lowest BCUT2D eigenvalue weighted by atomic mass is 10.1. The summed E-state index contributed by atoms with van der Waals surface area (Å²) in [6, 6.07) is 1.65. The van der Waals surface area contributed by atoms with Crippen molar-refractivity contribution in [3.8, 4) is 5.75 Å². The molecule has 0 heterocycles. The van der Waals surface area contributed by atoms with Crippen LogP contribution in [0.3, 0.4) is 0 Å². The maximum Gasteiger partial charge on any atom is 0.326 e. The quantitative estimate of drug-likeness (QED) is 0.159. The number of carbonyl (C=O) groups excluding carboxylic acids is 3. The minimum atomic E-state index is -1.43. The maximum atomic E-state index is 12.7. The van der Waals surface area contributed by atoms with Gasteiger partial charge in [-0.25, -0.2) is 4.79 Å². The van der Waals surface area contributed by atoms with Gasteiger partial charge in [-0.1, -0.05) is 12.1 Å². The molecule has 0 fully saturated rings. The van der Waals surface area contributed by atoms with E-state index in [0.29, 0.717) is 11.3 Å². The molecule has 12 nitrogen and oxygen atoms in total. The summed E-state index contributed by atoms with van der Waals surface area (Å²) in [6.07, 6.45) is 1.39. The summed E-state index contributed by atoms with van der Waals surface area (Å²) in [5.41, 5.74) is 6.63. The fourth-order valence-electron chi connectivity index (χ4n) is 2.96. The van der Waals surface area contributed by atoms with E-state index in [4.69, 9.17) is 10.8 Å². The Labute approximate surface area is 207 Å². The second-order valence-electron chi connectivity index (χ2n) is 7.88. The van der Waals surface area contributed by atoms with E-state index in [-0.39, 0.29) is 25.0 Å². The topological polar surface area (TPSA) is 208 Å². The second kappa shape index (κ2) is 14.8. The summed E-state index contributed by atoms with van der Waals surface area (Å²) < 4.78 is 0. The number of hydrogen-bond acceptors (Lipinski definition) is 8. The molecule has 3 amide bonds. The van der Waals surface area contributed by atoms with Crippen molar-refractivity contribution in [2.24, 2.45) is 5.73 Å². The summed E-state index contributed by atoms with van der Waals surface area (Å²) in [5, 5.41) is 34.6. The number of carboxylic acid groups (broad SMARTS) is 2. The zero-order valence-electron chi connectivity index (χ0n) is 19.5. The van der Waals surface area contributed by atoms with Crippen molar-refractivity contribution in [2.45, 2.75) is 56.8 Å². The van der Waals surface area contributed by atoms with E-state index >= 15 is 0 Å². The van der Waals surface area contributed by atoms with Crippen LogP contribution in [0.5, 0.6) is 5.75 Å². The highest BCUT2D eigenvalue weighted by Gasteiger charge is 2.29. The van der Waals surface area contributed by atoms with Crippen LogP contribution in [0.25, 0.3) is 0 Å². The van der Waals surface area contributed by atoms with Crippen LogP contribution in [0.2, 0.25) is 0 Å². The Bertz CT molecular complexity index is 896. The van der Waals surface area contributed by atoms with Crippen molar-refractivity contribution in [3.05, 3.63) is 29.8 Å². The minimum Gasteiger partial charge on any atom is -0.508 e. The lowest BCUT2D eigenvalue weighted by Crippen LogP contribution is -2.56. The lowest BCUT2D eigenvalue weighted by molar-refractivity contribution is -0.143. The van der Waals surface area contributed by atoms with Crippen molar-refractivity contribution < 1.29 is 39.3 Å². The molecule has 0 saturated heterocycles. The number of thioether (sulfide) groups is 1. The van der Waals surface area contributed by atoms with Crippen molar-refractivity contribution in [2.75, 3.05) is 12.0 Å². The summed E-state index contributed by atoms with van der Waals surface area (Å²) in [6.45, 7) is 1.41. The number of carboxylic acids is 2. The van der Waals surface area contributed by atoms with Gasteiger partial charge in [0.2, 0.25) is 17.7 Å². The van der Waals surface area contributed by atoms with E-state index < -0.39 is 60.2 Å². The Balaban J connectivity index is 2.73. The van der Waals surface area contributed by atoms with Crippen molar-refractivity contribution in [1.82, 2.24) is 16.0 Å². The maximum absolute atomic E-state index is 12.7. The Morgan fingerprint density at radius 2 is 1.51 bits per heavy atom. The summed E-state index contributed by atoms with van der Waals surface area (Å²) in [4.78, 5) is 59.8. The minimum absolute atomic E-state index is 0.0775. The van der Waals surface area contributed by atoms with Crippen LogP contribution in [0.15, 0.2) is 24.3 Å². The van der Waals surface area contributed by atoms with Crippen LogP contribution in [-0.2, 0) is 30.4 Å². The van der Waals surface area contributed by atoms with Crippen molar-refractivity contribution >= 4 is 41.4 Å². The first-order valence-electron chi connectivity index (χ1n) is 10.8. The number of aliphatic carboxylic acids is 2. The van der Waals surface area contributed by atoms with E-state index in [0.717, 1.165) is 0 Å². The van der Waals surface area contributed by atoms with Crippen LogP contribution in [0.4, 0.5) is 0 Å². The van der Waals surface area contributed by atoms with E-state index in [2.05, 4.69) is 16.0 Å². The fourth-order valence-corrected chi connectivity index (χ4v) is 3.43. The molecule has 0 aliphatic heterocycles. The molecule has 1 aromatic carbocycles. The Hall–Kier alpha value is -3.32. The zero-order chi connectivity index (χ0) is 26.5. The highest BCUT2D eigenvalue weighted by atomic mass is 32.2. The molecule has 4 unspecified atom stereocenters. The molecule has 1 aromatic rings. The molecule has 0 aromatic heterocycles. The number of hydrogen-bond donors (Lipinski definition) is 7. The number of aromatic hydroxyl groups is 1. The first-order chi connectivity index (χ1) is 16.4. The number of nitrogens with two attached hydrogens (primary N) is 1. The van der Waals surface area contributed by atoms with Crippen molar-refractivity contribution in [1.29, 1.82) is 0 Å². The molecule has 0 spiro atoms. The van der Waals surface area contributed by atoms with Gasteiger partial charge >= 0.3 is 11.9 Å². The number of amides is 3. The average molecular weight is 513 g/mol. The molecule has 13 heteroatoms. The SMILES string of the molecule is CSCCC(NC(=O)C(C)NC(=O)C(N)Cc1ccc(O)cc1)C(=O)NC(CCC(=O)O)C(=O)O. The number of phenolic OH excluding ortho intramolecular Hbond substituents is 1. The van der Waals surface area contributed by atoms with Gasteiger partial charge < -0.3 is 37.0 Å². The van der Waals surface area contributed by atoms with Gasteiger partial charge in [0.25, 0.3) is 0 Å². The highest BCUT2D eigenvalue weighted by Crippen LogP contribution is 2.11. The van der Waals surface area contributed by atoms with Gasteiger partial charge in [-0.3, -0.25) is 19.2 Å². The second-order valence-corrected chi connectivity index (χ2v) is 8.87. The van der Waals surface area contributed by atoms with E-state index in [1.165, 1.54) is 30.8 Å². The molecule has 0 saturated carbocycles. The predicted octanol–water partition coefficient (Wildman–Crippen LogP) is -0.561. The van der Waals surface area contributed by atoms with E-state index in [1.54, 1.807) is 18.4 Å². The Morgan fingerprint density at radius 3 is 2.06 bits per heavy atom. The number of rotatable bonds is 15. The van der Waals surface area contributed by atoms with Crippen LogP contribution in [0, 0.1) is 0 Å². The number of nitrogens with one attached hydrogen (secondary N) is 3. The molecule has 0 bridgehead atoms. The molecular formula is C22H32N4O8S. The molecule has 0 aliphatic rings. The molecule has 0 radical (unpaired) electrons. The van der Waals surface area contributed by atoms with Gasteiger partial charge in [0, 0.05) is 6.42 Å². The predicted molar refractivity (Wildman–Crippen MR) is 129 cm³/mol. The zero-order valence-corrected chi connectivity index (χ0v) is 20.3. The molecule has 0 aliphatic carbocycles. The van der Waals surface area contributed by atoms with Crippen LogP contribution in [0.1, 0.15) is 31.7 Å². The smallest absolute Gasteiger partial charge is 0.326 e. The summed E-state index contributed by atoms with van der Waals surface area (Å²) in [7, 11) is 0. The summed E-state index contributed by atoms with van der Waals surface area (Å²) >= 11 is 1.41. The standard InChI is InChI=1S/C22H32N4O8S/c1-12(24-20(31)15(23)11-13-3-5-14(27)6-4-13)19(30)25-16(9-10-35-2)21(32)26-17(22(33)34)7-8-18(28)29/h3-6,12,15-17,27H,7-11,23H2,1-2H3,(H,24,31)(H,25,30)(H,26,32)(H,28,29)(H,33,34).